The van der Waals surface area contributed by atoms with E-state index >= 15 is 0 Å². The normalized spacial score (nSPS) is 10.2. The van der Waals surface area contributed by atoms with Crippen molar-refractivity contribution in [2.24, 2.45) is 5.73 Å². The Balaban J connectivity index is 2.65. The minimum Gasteiger partial charge on any atom is -0.330 e. The Morgan fingerprint density at radius 3 is 2.50 bits per heavy atom. The van der Waals surface area contributed by atoms with E-state index in [0.29, 0.717) is 0 Å². The van der Waals surface area contributed by atoms with Crippen LogP contribution in [0.3, 0.4) is 0 Å². The lowest BCUT2D eigenvalue weighted by Gasteiger charge is -1.97. The molecule has 0 rings (SSSR count). The van der Waals surface area contributed by atoms with E-state index in [4.69, 9.17) is 5.73 Å². The van der Waals surface area contributed by atoms with E-state index in [2.05, 4.69) is 6.92 Å². The second-order valence-corrected chi connectivity index (χ2v) is 3.69. The first-order valence-corrected chi connectivity index (χ1v) is 5.35. The second-order valence-electron chi connectivity index (χ2n) is 2.46. The monoisotopic (exact) mass is 161 g/mol. The Labute approximate surface area is 68.8 Å². The quantitative estimate of drug-likeness (QED) is 0.580. The van der Waals surface area contributed by atoms with Crippen molar-refractivity contribution in [1.82, 2.24) is 0 Å². The van der Waals surface area contributed by atoms with Crippen LogP contribution in [0.25, 0.3) is 0 Å². The van der Waals surface area contributed by atoms with Crippen LogP contribution in [0.5, 0.6) is 0 Å². The van der Waals surface area contributed by atoms with E-state index in [1.807, 2.05) is 11.8 Å². The van der Waals surface area contributed by atoms with Crippen molar-refractivity contribution in [1.29, 1.82) is 0 Å². The molecule has 0 aliphatic carbocycles. The van der Waals surface area contributed by atoms with Gasteiger partial charge in [0.25, 0.3) is 0 Å². The predicted octanol–water partition coefficient (Wildman–Crippen LogP) is 2.26. The lowest BCUT2D eigenvalue weighted by Crippen LogP contribution is -2.01. The summed E-state index contributed by atoms with van der Waals surface area (Å²) >= 11 is 1.98. The molecular weight excluding hydrogens is 142 g/mol. The largest absolute Gasteiger partial charge is 0.330 e. The van der Waals surface area contributed by atoms with Crippen molar-refractivity contribution in [3.05, 3.63) is 0 Å². The Hall–Kier alpha value is 0.310. The summed E-state index contributed by atoms with van der Waals surface area (Å²) in [4.78, 5) is 0. The molecular formula is C8H19NS. The Morgan fingerprint density at radius 2 is 1.90 bits per heavy atom. The zero-order chi connectivity index (χ0) is 7.66. The molecule has 0 aromatic carbocycles. The number of rotatable bonds is 7. The van der Waals surface area contributed by atoms with Crippen LogP contribution in [-0.2, 0) is 0 Å². The molecule has 0 aromatic rings. The average Bonchev–Trinajstić information content (AvgIpc) is 1.97. The highest BCUT2D eigenvalue weighted by Crippen LogP contribution is 2.05. The van der Waals surface area contributed by atoms with Gasteiger partial charge in [0.15, 0.2) is 0 Å². The van der Waals surface area contributed by atoms with Crippen molar-refractivity contribution < 1.29 is 0 Å². The van der Waals surface area contributed by atoms with E-state index in [1.165, 1.54) is 31.4 Å². The summed E-state index contributed by atoms with van der Waals surface area (Å²) in [6.45, 7) is 3.07. The maximum absolute atomic E-state index is 5.35. The second kappa shape index (κ2) is 9.31. The van der Waals surface area contributed by atoms with E-state index in [-0.39, 0.29) is 0 Å². The van der Waals surface area contributed by atoms with Gasteiger partial charge in [-0.05, 0) is 12.2 Å². The van der Waals surface area contributed by atoms with Gasteiger partial charge in [-0.3, -0.25) is 0 Å². The number of unbranched alkanes of at least 4 members (excludes halogenated alkanes) is 3. The highest BCUT2D eigenvalue weighted by molar-refractivity contribution is 7.99. The third-order valence-corrected chi connectivity index (χ3v) is 2.51. The third-order valence-electron chi connectivity index (χ3n) is 1.40. The van der Waals surface area contributed by atoms with Crippen molar-refractivity contribution in [2.45, 2.75) is 32.6 Å². The predicted molar refractivity (Wildman–Crippen MR) is 50.5 cm³/mol. The van der Waals surface area contributed by atoms with Crippen molar-refractivity contribution in [2.75, 3.05) is 18.1 Å². The molecule has 0 spiro atoms. The minimum atomic E-state index is 0.832. The van der Waals surface area contributed by atoms with Gasteiger partial charge in [0, 0.05) is 12.3 Å². The molecule has 1 nitrogen and oxygen atoms in total. The molecule has 0 saturated heterocycles. The Morgan fingerprint density at radius 1 is 1.10 bits per heavy atom. The van der Waals surface area contributed by atoms with Crippen molar-refractivity contribution >= 4 is 11.8 Å². The Kier molecular flexibility index (Phi) is 9.60. The summed E-state index contributed by atoms with van der Waals surface area (Å²) in [7, 11) is 0. The molecule has 0 amide bonds. The first kappa shape index (κ1) is 10.3. The fraction of sp³-hybridized carbons (Fsp3) is 1.00. The van der Waals surface area contributed by atoms with Gasteiger partial charge in [-0.2, -0.15) is 11.8 Å². The van der Waals surface area contributed by atoms with Crippen molar-refractivity contribution in [3.8, 4) is 0 Å². The lowest BCUT2D eigenvalue weighted by molar-refractivity contribution is 0.706. The van der Waals surface area contributed by atoms with Gasteiger partial charge in [-0.15, -0.1) is 0 Å². The molecule has 0 fully saturated rings. The SMILES string of the molecule is CCCCCCSCCN. The summed E-state index contributed by atoms with van der Waals surface area (Å²) in [6.07, 6.45) is 5.50. The molecule has 0 atom stereocenters. The molecule has 2 N–H and O–H groups in total. The smallest absolute Gasteiger partial charge is 0.00558 e. The molecule has 2 heteroatoms. The number of nitrogens with two attached hydrogens (primary N) is 1. The van der Waals surface area contributed by atoms with Crippen LogP contribution in [0.4, 0.5) is 0 Å². The fourth-order valence-electron chi connectivity index (χ4n) is 0.816. The van der Waals surface area contributed by atoms with Crippen LogP contribution in [-0.4, -0.2) is 18.1 Å². The maximum atomic E-state index is 5.35. The van der Waals surface area contributed by atoms with Crippen LogP contribution in [0.1, 0.15) is 32.6 Å². The molecule has 0 heterocycles. The van der Waals surface area contributed by atoms with Crippen LogP contribution in [0.15, 0.2) is 0 Å². The topological polar surface area (TPSA) is 26.0 Å². The third kappa shape index (κ3) is 8.31. The average molecular weight is 161 g/mol. The summed E-state index contributed by atoms with van der Waals surface area (Å²) in [6, 6.07) is 0. The van der Waals surface area contributed by atoms with E-state index < -0.39 is 0 Å². The van der Waals surface area contributed by atoms with Gasteiger partial charge < -0.3 is 5.73 Å². The molecule has 0 aliphatic heterocycles. The van der Waals surface area contributed by atoms with Gasteiger partial charge in [0.1, 0.15) is 0 Å². The highest BCUT2D eigenvalue weighted by Gasteiger charge is 1.87. The molecule has 0 radical (unpaired) electrons. The van der Waals surface area contributed by atoms with Crippen LogP contribution < -0.4 is 5.73 Å². The first-order valence-electron chi connectivity index (χ1n) is 4.19. The summed E-state index contributed by atoms with van der Waals surface area (Å²) in [5.74, 6) is 2.43. The van der Waals surface area contributed by atoms with E-state index in [1.54, 1.807) is 0 Å². The Bertz CT molecular complexity index is 49.2. The standard InChI is InChI=1S/C8H19NS/c1-2-3-4-5-7-10-8-6-9/h2-9H2,1H3. The number of thioether (sulfide) groups is 1. The highest BCUT2D eigenvalue weighted by atomic mass is 32.2. The molecule has 0 unspecified atom stereocenters. The van der Waals surface area contributed by atoms with E-state index in [9.17, 15) is 0 Å². The minimum absolute atomic E-state index is 0.832. The molecule has 0 aliphatic rings. The summed E-state index contributed by atoms with van der Waals surface area (Å²) in [5, 5.41) is 0. The molecule has 10 heavy (non-hydrogen) atoms. The molecule has 0 aromatic heterocycles. The summed E-state index contributed by atoms with van der Waals surface area (Å²) < 4.78 is 0. The van der Waals surface area contributed by atoms with Crippen LogP contribution in [0.2, 0.25) is 0 Å². The number of hydrogen-bond acceptors (Lipinski definition) is 2. The zero-order valence-corrected chi connectivity index (χ0v) is 7.75. The van der Waals surface area contributed by atoms with Gasteiger partial charge in [0.2, 0.25) is 0 Å². The van der Waals surface area contributed by atoms with Crippen LogP contribution >= 0.6 is 11.8 Å². The zero-order valence-electron chi connectivity index (χ0n) is 6.94. The molecule has 0 saturated carbocycles. The van der Waals surface area contributed by atoms with Gasteiger partial charge in [-0.25, -0.2) is 0 Å². The molecule has 0 bridgehead atoms. The maximum Gasteiger partial charge on any atom is 0.00558 e. The van der Waals surface area contributed by atoms with Crippen molar-refractivity contribution in [3.63, 3.8) is 0 Å². The number of hydrogen-bond donors (Lipinski definition) is 1. The lowest BCUT2D eigenvalue weighted by atomic mass is 10.2. The van der Waals surface area contributed by atoms with Gasteiger partial charge in [0.05, 0.1) is 0 Å². The fourth-order valence-corrected chi connectivity index (χ4v) is 1.60. The van der Waals surface area contributed by atoms with E-state index in [0.717, 1.165) is 12.3 Å². The van der Waals surface area contributed by atoms with Gasteiger partial charge >= 0.3 is 0 Å². The molecule has 62 valence electrons. The first-order chi connectivity index (χ1) is 4.91. The van der Waals surface area contributed by atoms with Crippen LogP contribution in [0, 0.1) is 0 Å². The van der Waals surface area contributed by atoms with Gasteiger partial charge in [-0.1, -0.05) is 26.2 Å². The summed E-state index contributed by atoms with van der Waals surface area (Å²) in [5.41, 5.74) is 5.35.